The fourth-order valence-electron chi connectivity index (χ4n) is 13.7. The number of hydrogen-bond acceptors (Lipinski definition) is 12. The van der Waals surface area contributed by atoms with E-state index in [2.05, 4.69) is 54.5 Å². The molecule has 0 aromatic heterocycles. The third kappa shape index (κ3) is 6.23. The number of aliphatic carboxylic acids is 1. The van der Waals surface area contributed by atoms with Gasteiger partial charge in [0, 0.05) is 0 Å². The summed E-state index contributed by atoms with van der Waals surface area (Å²) in [6.45, 7) is 15.1. The van der Waals surface area contributed by atoms with Crippen molar-refractivity contribution in [3.8, 4) is 0 Å². The molecule has 2 heterocycles. The number of fused-ring (bicyclic) bond motifs is 7. The molecule has 6 fully saturated rings. The van der Waals surface area contributed by atoms with Crippen molar-refractivity contribution in [2.75, 3.05) is 13.2 Å². The summed E-state index contributed by atoms with van der Waals surface area (Å²) >= 11 is 0. The van der Waals surface area contributed by atoms with E-state index in [4.69, 9.17) is 18.9 Å². The molecule has 2 aliphatic heterocycles. The standard InChI is InChI=1S/C42H68O13/c1-37(2)14-16-42(36(50)51)17-15-40(6)21(22(42)18-37)8-9-26-39(5)12-11-27(38(3,4)25(39)10-13-41(26,40)7)54-34-32(49)30(47)33(24(20-44)53-34)55-35-31(48)29(46)28(45)23(19-43)52-35/h8,22-35,43-49H,9-20H2,1-7H3,(H,50,51)/t22-,23+,24+,25-,26+,27-,28-,29-,30+,31+,32+,33+,34-,35-,39+,40+,41+,42-/m0/s1. The summed E-state index contributed by atoms with van der Waals surface area (Å²) in [5.74, 6) is 0.0886. The number of allylic oxidation sites excluding steroid dienone is 2. The van der Waals surface area contributed by atoms with E-state index >= 15 is 0 Å². The lowest BCUT2D eigenvalue weighted by Crippen LogP contribution is -2.66. The highest BCUT2D eigenvalue weighted by Gasteiger charge is 2.69. The summed E-state index contributed by atoms with van der Waals surface area (Å²) in [5.41, 5.74) is 0.344. The Morgan fingerprint density at radius 3 is 2.00 bits per heavy atom. The first kappa shape index (κ1) is 41.9. The minimum atomic E-state index is -1.74. The van der Waals surface area contributed by atoms with E-state index in [-0.39, 0.29) is 45.0 Å². The molecule has 18 atom stereocenters. The molecule has 0 radical (unpaired) electrons. The van der Waals surface area contributed by atoms with Crippen LogP contribution in [0.4, 0.5) is 0 Å². The summed E-state index contributed by atoms with van der Waals surface area (Å²) in [4.78, 5) is 13.0. The molecule has 2 saturated heterocycles. The fourth-order valence-corrected chi connectivity index (χ4v) is 13.7. The van der Waals surface area contributed by atoms with Crippen LogP contribution in [0.3, 0.4) is 0 Å². The van der Waals surface area contributed by atoms with Gasteiger partial charge in [-0.1, -0.05) is 60.1 Å². The zero-order valence-corrected chi connectivity index (χ0v) is 33.8. The molecule has 0 aromatic carbocycles. The van der Waals surface area contributed by atoms with Crippen LogP contribution in [0.15, 0.2) is 11.6 Å². The van der Waals surface area contributed by atoms with Crippen molar-refractivity contribution in [1.29, 1.82) is 0 Å². The third-order valence-electron chi connectivity index (χ3n) is 17.3. The van der Waals surface area contributed by atoms with Gasteiger partial charge in [0.2, 0.25) is 0 Å². The SMILES string of the molecule is CC1(C)CC[C@]2(C(=O)O)CC[C@]3(C)C(=CC[C@@H]4[C@]5(C)CC[C@H](O[C@@H]6O[C@H](CO)[C@@H](O[C@@H]7O[C@H](CO)[C@H](O)[C@H](O)[C@H]7O)[C@H](O)[C@H]6O)C(C)(C)[C@@H]5CC[C@]43C)[C@@H]2C1. The Labute approximate surface area is 325 Å². The summed E-state index contributed by atoms with van der Waals surface area (Å²) < 4.78 is 23.9. The average molecular weight is 781 g/mol. The van der Waals surface area contributed by atoms with Crippen molar-refractivity contribution >= 4 is 5.97 Å². The Hall–Kier alpha value is -1.23. The molecule has 8 N–H and O–H groups in total. The molecule has 5 aliphatic carbocycles. The second-order valence-corrected chi connectivity index (χ2v) is 20.7. The van der Waals surface area contributed by atoms with Crippen LogP contribution in [-0.4, -0.2) is 128 Å². The quantitative estimate of drug-likeness (QED) is 0.138. The van der Waals surface area contributed by atoms with Gasteiger partial charge in [-0.3, -0.25) is 4.79 Å². The molecule has 7 aliphatic rings. The van der Waals surface area contributed by atoms with Gasteiger partial charge in [-0.2, -0.15) is 0 Å². The molecule has 0 bridgehead atoms. The molecule has 13 nitrogen and oxygen atoms in total. The number of aliphatic hydroxyl groups is 7. The molecule has 0 aromatic rings. The van der Waals surface area contributed by atoms with E-state index in [1.807, 2.05) is 0 Å². The molecule has 0 amide bonds. The normalized spacial score (nSPS) is 53.2. The van der Waals surface area contributed by atoms with Gasteiger partial charge in [0.05, 0.1) is 24.7 Å². The topological polar surface area (TPSA) is 216 Å². The number of aliphatic hydroxyl groups excluding tert-OH is 7. The lowest BCUT2D eigenvalue weighted by molar-refractivity contribution is -0.368. The van der Waals surface area contributed by atoms with Crippen LogP contribution < -0.4 is 0 Å². The van der Waals surface area contributed by atoms with Crippen molar-refractivity contribution < 1.29 is 64.6 Å². The minimum absolute atomic E-state index is 0.00451. The van der Waals surface area contributed by atoms with E-state index in [1.54, 1.807) is 0 Å². The Morgan fingerprint density at radius 2 is 1.35 bits per heavy atom. The molecular weight excluding hydrogens is 712 g/mol. The zero-order chi connectivity index (χ0) is 40.3. The highest BCUT2D eigenvalue weighted by molar-refractivity contribution is 5.76. The number of carbonyl (C=O) groups is 1. The van der Waals surface area contributed by atoms with Crippen LogP contribution in [0.25, 0.3) is 0 Å². The highest BCUT2D eigenvalue weighted by Crippen LogP contribution is 2.76. The molecule has 55 heavy (non-hydrogen) atoms. The maximum absolute atomic E-state index is 13.0. The highest BCUT2D eigenvalue weighted by atomic mass is 16.7. The third-order valence-corrected chi connectivity index (χ3v) is 17.3. The largest absolute Gasteiger partial charge is 0.481 e. The number of rotatable bonds is 7. The van der Waals surface area contributed by atoms with Crippen molar-refractivity contribution in [3.63, 3.8) is 0 Å². The van der Waals surface area contributed by atoms with E-state index in [0.717, 1.165) is 57.8 Å². The number of hydrogen-bond donors (Lipinski definition) is 8. The lowest BCUT2D eigenvalue weighted by Gasteiger charge is -2.71. The van der Waals surface area contributed by atoms with Crippen molar-refractivity contribution in [2.45, 2.75) is 180 Å². The van der Waals surface area contributed by atoms with Gasteiger partial charge >= 0.3 is 5.97 Å². The maximum Gasteiger partial charge on any atom is 0.310 e. The smallest absolute Gasteiger partial charge is 0.310 e. The van der Waals surface area contributed by atoms with Crippen LogP contribution in [-0.2, 0) is 23.7 Å². The summed E-state index contributed by atoms with van der Waals surface area (Å²) in [5, 5.41) is 84.2. The number of carboxylic acid groups (broad SMARTS) is 1. The van der Waals surface area contributed by atoms with Gasteiger partial charge in [0.15, 0.2) is 12.6 Å². The van der Waals surface area contributed by atoms with Gasteiger partial charge in [0.25, 0.3) is 0 Å². The van der Waals surface area contributed by atoms with Gasteiger partial charge in [0.1, 0.15) is 48.8 Å². The average Bonchev–Trinajstić information content (AvgIpc) is 3.12. The van der Waals surface area contributed by atoms with Crippen LogP contribution in [0, 0.1) is 50.2 Å². The van der Waals surface area contributed by atoms with E-state index in [0.29, 0.717) is 12.3 Å². The van der Waals surface area contributed by atoms with Gasteiger partial charge < -0.3 is 59.8 Å². The van der Waals surface area contributed by atoms with Gasteiger partial charge in [-0.15, -0.1) is 0 Å². The van der Waals surface area contributed by atoms with Crippen molar-refractivity contribution in [3.05, 3.63) is 11.6 Å². The molecule has 314 valence electrons. The molecule has 7 rings (SSSR count). The van der Waals surface area contributed by atoms with E-state index in [1.165, 1.54) is 5.57 Å². The number of carboxylic acids is 1. The predicted octanol–water partition coefficient (Wildman–Crippen LogP) is 2.88. The lowest BCUT2D eigenvalue weighted by atomic mass is 9.33. The molecule has 4 saturated carbocycles. The Bertz CT molecular complexity index is 1480. The van der Waals surface area contributed by atoms with E-state index < -0.39 is 86.0 Å². The van der Waals surface area contributed by atoms with Gasteiger partial charge in [-0.05, 0) is 109 Å². The maximum atomic E-state index is 13.0. The van der Waals surface area contributed by atoms with Crippen LogP contribution in [0.1, 0.15) is 113 Å². The monoisotopic (exact) mass is 780 g/mol. The van der Waals surface area contributed by atoms with Crippen LogP contribution >= 0.6 is 0 Å². The summed E-state index contributed by atoms with van der Waals surface area (Å²) in [6.07, 6.45) is -4.17. The minimum Gasteiger partial charge on any atom is -0.481 e. The van der Waals surface area contributed by atoms with Gasteiger partial charge in [-0.25, -0.2) is 0 Å². The second kappa shape index (κ2) is 14.2. The Morgan fingerprint density at radius 1 is 0.727 bits per heavy atom. The fraction of sp³-hybridized carbons (Fsp3) is 0.929. The first-order valence-electron chi connectivity index (χ1n) is 20.8. The van der Waals surface area contributed by atoms with Crippen molar-refractivity contribution in [1.82, 2.24) is 0 Å². The van der Waals surface area contributed by atoms with E-state index in [9.17, 15) is 45.6 Å². The first-order valence-corrected chi connectivity index (χ1v) is 20.8. The predicted molar refractivity (Wildman–Crippen MR) is 198 cm³/mol. The molecular formula is C42H68O13. The Balaban J connectivity index is 1.08. The molecule has 0 spiro atoms. The van der Waals surface area contributed by atoms with Crippen LogP contribution in [0.2, 0.25) is 0 Å². The second-order valence-electron chi connectivity index (χ2n) is 20.7. The first-order chi connectivity index (χ1) is 25.6. The summed E-state index contributed by atoms with van der Waals surface area (Å²) in [6, 6.07) is 0. The molecule has 0 unspecified atom stereocenters. The Kier molecular flexibility index (Phi) is 10.8. The molecule has 13 heteroatoms. The number of ether oxygens (including phenoxy) is 4. The zero-order valence-electron chi connectivity index (χ0n) is 33.8. The summed E-state index contributed by atoms with van der Waals surface area (Å²) in [7, 11) is 0. The van der Waals surface area contributed by atoms with Crippen LogP contribution in [0.5, 0.6) is 0 Å². The van der Waals surface area contributed by atoms with Crippen molar-refractivity contribution in [2.24, 2.45) is 50.2 Å².